The molecule has 0 aliphatic carbocycles. The zero-order valence-electron chi connectivity index (χ0n) is 19.6. The summed E-state index contributed by atoms with van der Waals surface area (Å²) in [7, 11) is 0. The maximum atomic E-state index is 12.9. The molecule has 0 unspecified atom stereocenters. The Hall–Kier alpha value is -3.45. The van der Waals surface area contributed by atoms with Gasteiger partial charge in [-0.2, -0.15) is 5.10 Å². The van der Waals surface area contributed by atoms with Crippen LogP contribution in [0.4, 0.5) is 5.82 Å². The lowest BCUT2D eigenvalue weighted by molar-refractivity contribution is 0.0746. The van der Waals surface area contributed by atoms with Crippen molar-refractivity contribution >= 4 is 34.4 Å². The van der Waals surface area contributed by atoms with Gasteiger partial charge in [0.2, 0.25) is 0 Å². The number of halogens is 1. The number of hydrogen-bond donors (Lipinski definition) is 0. The Labute approximate surface area is 204 Å². The minimum atomic E-state index is 0.0294. The van der Waals surface area contributed by atoms with Crippen molar-refractivity contribution in [3.8, 4) is 5.69 Å². The number of carbonyl (C=O) groups is 1. The van der Waals surface area contributed by atoms with Crippen LogP contribution in [0.25, 0.3) is 16.7 Å². The van der Waals surface area contributed by atoms with E-state index in [2.05, 4.69) is 43.0 Å². The van der Waals surface area contributed by atoms with Crippen LogP contribution in [0.15, 0.2) is 48.5 Å². The standard InChI is InChI=1S/C26H27ClN6O/c1-4-22-28-24(23-18(3)30-33(25(23)29-22)21-11-5-17(2)6-12-21)31-13-15-32(16-14-31)26(34)19-7-9-20(27)10-8-19/h5-12H,4,13-16H2,1-3H3. The van der Waals surface area contributed by atoms with Gasteiger partial charge in [-0.05, 0) is 50.2 Å². The zero-order chi connectivity index (χ0) is 23.8. The summed E-state index contributed by atoms with van der Waals surface area (Å²) in [5.41, 5.74) is 4.56. The van der Waals surface area contributed by atoms with Gasteiger partial charge >= 0.3 is 0 Å². The van der Waals surface area contributed by atoms with Gasteiger partial charge in [-0.15, -0.1) is 0 Å². The number of carbonyl (C=O) groups excluding carboxylic acids is 1. The molecule has 2 aromatic carbocycles. The molecule has 8 heteroatoms. The Morgan fingerprint density at radius 1 is 0.941 bits per heavy atom. The van der Waals surface area contributed by atoms with Crippen LogP contribution in [0.2, 0.25) is 5.02 Å². The van der Waals surface area contributed by atoms with Gasteiger partial charge in [0.1, 0.15) is 11.6 Å². The average molecular weight is 475 g/mol. The largest absolute Gasteiger partial charge is 0.352 e. The molecule has 174 valence electrons. The van der Waals surface area contributed by atoms with Gasteiger partial charge in [0.05, 0.1) is 16.8 Å². The minimum Gasteiger partial charge on any atom is -0.352 e. The number of piperazine rings is 1. The van der Waals surface area contributed by atoms with Crippen molar-refractivity contribution in [2.24, 2.45) is 0 Å². The van der Waals surface area contributed by atoms with Crippen molar-refractivity contribution in [3.05, 3.63) is 76.2 Å². The molecule has 34 heavy (non-hydrogen) atoms. The van der Waals surface area contributed by atoms with Crippen molar-refractivity contribution in [1.82, 2.24) is 24.6 Å². The van der Waals surface area contributed by atoms with Crippen LogP contribution in [0.3, 0.4) is 0 Å². The summed E-state index contributed by atoms with van der Waals surface area (Å²) < 4.78 is 1.91. The van der Waals surface area contributed by atoms with E-state index in [-0.39, 0.29) is 5.91 Å². The predicted molar refractivity (Wildman–Crippen MR) is 135 cm³/mol. The number of rotatable bonds is 4. The lowest BCUT2D eigenvalue weighted by Crippen LogP contribution is -2.49. The van der Waals surface area contributed by atoms with Crippen LogP contribution in [-0.4, -0.2) is 56.7 Å². The Balaban J connectivity index is 1.45. The van der Waals surface area contributed by atoms with Crippen LogP contribution in [0.5, 0.6) is 0 Å². The fourth-order valence-corrected chi connectivity index (χ4v) is 4.48. The van der Waals surface area contributed by atoms with Crippen molar-refractivity contribution < 1.29 is 4.79 Å². The van der Waals surface area contributed by atoms with Crippen LogP contribution < -0.4 is 4.90 Å². The van der Waals surface area contributed by atoms with Crippen molar-refractivity contribution in [1.29, 1.82) is 0 Å². The third-order valence-electron chi connectivity index (χ3n) is 6.28. The molecule has 5 rings (SSSR count). The first-order valence-electron chi connectivity index (χ1n) is 11.6. The second kappa shape index (κ2) is 9.06. The highest BCUT2D eigenvalue weighted by molar-refractivity contribution is 6.30. The molecular weight excluding hydrogens is 448 g/mol. The number of anilines is 1. The quantitative estimate of drug-likeness (QED) is 0.432. The van der Waals surface area contributed by atoms with Gasteiger partial charge in [-0.25, -0.2) is 14.6 Å². The monoisotopic (exact) mass is 474 g/mol. The van der Waals surface area contributed by atoms with E-state index >= 15 is 0 Å². The number of aromatic nitrogens is 4. The van der Waals surface area contributed by atoms with Gasteiger partial charge in [0.25, 0.3) is 5.91 Å². The van der Waals surface area contributed by atoms with Crippen LogP contribution in [0, 0.1) is 13.8 Å². The fourth-order valence-electron chi connectivity index (χ4n) is 4.35. The number of amides is 1. The molecule has 1 saturated heterocycles. The molecule has 0 N–H and O–H groups in total. The maximum Gasteiger partial charge on any atom is 0.253 e. The van der Waals surface area contributed by atoms with Crippen molar-refractivity contribution in [3.63, 3.8) is 0 Å². The van der Waals surface area contributed by atoms with Crippen LogP contribution in [0.1, 0.15) is 34.4 Å². The minimum absolute atomic E-state index is 0.0294. The molecule has 1 fully saturated rings. The summed E-state index contributed by atoms with van der Waals surface area (Å²) in [5.74, 6) is 1.72. The summed E-state index contributed by atoms with van der Waals surface area (Å²) in [6.45, 7) is 8.79. The van der Waals surface area contributed by atoms with Gasteiger partial charge in [0.15, 0.2) is 5.65 Å². The van der Waals surface area contributed by atoms with Crippen molar-refractivity contribution in [2.45, 2.75) is 27.2 Å². The van der Waals surface area contributed by atoms with E-state index in [0.717, 1.165) is 40.5 Å². The SMILES string of the molecule is CCc1nc(N2CCN(C(=O)c3ccc(Cl)cc3)CC2)c2c(C)nn(-c3ccc(C)cc3)c2n1. The summed E-state index contributed by atoms with van der Waals surface area (Å²) in [4.78, 5) is 26.8. The van der Waals surface area contributed by atoms with E-state index in [9.17, 15) is 4.79 Å². The number of benzene rings is 2. The highest BCUT2D eigenvalue weighted by Gasteiger charge is 2.26. The van der Waals surface area contributed by atoms with Crippen molar-refractivity contribution in [2.75, 3.05) is 31.1 Å². The molecule has 4 aromatic rings. The maximum absolute atomic E-state index is 12.9. The first-order chi connectivity index (χ1) is 16.4. The second-order valence-corrected chi connectivity index (χ2v) is 9.07. The summed E-state index contributed by atoms with van der Waals surface area (Å²) in [6.07, 6.45) is 0.732. The molecule has 0 spiro atoms. The average Bonchev–Trinajstić information content (AvgIpc) is 3.20. The Morgan fingerprint density at radius 2 is 1.62 bits per heavy atom. The molecule has 0 atom stereocenters. The second-order valence-electron chi connectivity index (χ2n) is 8.63. The number of hydrogen-bond acceptors (Lipinski definition) is 5. The molecule has 1 aliphatic heterocycles. The van der Waals surface area contributed by atoms with E-state index in [4.69, 9.17) is 26.7 Å². The third kappa shape index (κ3) is 4.12. The van der Waals surface area contributed by atoms with E-state index < -0.39 is 0 Å². The normalized spacial score (nSPS) is 14.1. The first kappa shape index (κ1) is 22.3. The van der Waals surface area contributed by atoms with E-state index in [1.165, 1.54) is 5.56 Å². The molecule has 2 aromatic heterocycles. The molecule has 7 nitrogen and oxygen atoms in total. The Kier molecular flexibility index (Phi) is 5.96. The molecular formula is C26H27ClN6O. The molecule has 3 heterocycles. The lowest BCUT2D eigenvalue weighted by atomic mass is 10.1. The predicted octanol–water partition coefficient (Wildman–Crippen LogP) is 4.61. The van der Waals surface area contributed by atoms with Gasteiger partial charge < -0.3 is 9.80 Å². The fraction of sp³-hybridized carbons (Fsp3) is 0.308. The summed E-state index contributed by atoms with van der Waals surface area (Å²) >= 11 is 5.97. The summed E-state index contributed by atoms with van der Waals surface area (Å²) in [6, 6.07) is 15.4. The van der Waals surface area contributed by atoms with Crippen LogP contribution in [-0.2, 0) is 6.42 Å². The van der Waals surface area contributed by atoms with Crippen LogP contribution >= 0.6 is 11.6 Å². The number of aryl methyl sites for hydroxylation is 3. The molecule has 0 radical (unpaired) electrons. The van der Waals surface area contributed by atoms with Gasteiger partial charge in [-0.3, -0.25) is 4.79 Å². The summed E-state index contributed by atoms with van der Waals surface area (Å²) in [5, 5.41) is 6.42. The lowest BCUT2D eigenvalue weighted by Gasteiger charge is -2.35. The highest BCUT2D eigenvalue weighted by Crippen LogP contribution is 2.30. The van der Waals surface area contributed by atoms with Gasteiger partial charge in [0, 0.05) is 43.2 Å². The zero-order valence-corrected chi connectivity index (χ0v) is 20.4. The Morgan fingerprint density at radius 3 is 2.26 bits per heavy atom. The molecule has 0 saturated carbocycles. The molecule has 1 amide bonds. The first-order valence-corrected chi connectivity index (χ1v) is 12.0. The van der Waals surface area contributed by atoms with E-state index in [1.807, 2.05) is 16.5 Å². The highest BCUT2D eigenvalue weighted by atomic mass is 35.5. The molecule has 1 aliphatic rings. The Bertz CT molecular complexity index is 1340. The smallest absolute Gasteiger partial charge is 0.253 e. The van der Waals surface area contributed by atoms with Gasteiger partial charge in [-0.1, -0.05) is 36.2 Å². The van der Waals surface area contributed by atoms with E-state index in [0.29, 0.717) is 36.8 Å². The van der Waals surface area contributed by atoms with E-state index in [1.54, 1.807) is 24.3 Å². The topological polar surface area (TPSA) is 67.2 Å². The third-order valence-corrected chi connectivity index (χ3v) is 6.53. The number of nitrogens with zero attached hydrogens (tertiary/aromatic N) is 6. The number of fused-ring (bicyclic) bond motifs is 1. The molecule has 0 bridgehead atoms.